The van der Waals surface area contributed by atoms with Gasteiger partial charge in [-0.2, -0.15) is 0 Å². The minimum atomic E-state index is 0.372. The number of phenols is 1. The molecule has 0 atom stereocenters. The topological polar surface area (TPSA) is 20.2 Å². The van der Waals surface area contributed by atoms with Gasteiger partial charge in [-0.3, -0.25) is 0 Å². The molecule has 0 unspecified atom stereocenters. The lowest BCUT2D eigenvalue weighted by molar-refractivity contribution is 0.474. The zero-order valence-electron chi connectivity index (χ0n) is 7.57. The molecule has 1 aliphatic carbocycles. The van der Waals surface area contributed by atoms with Crippen LogP contribution in [0.4, 0.5) is 0 Å². The molecule has 1 N–H and O–H groups in total. The fourth-order valence-corrected chi connectivity index (χ4v) is 2.39. The Bertz CT molecular complexity index is 281. The number of thioether (sulfide) groups is 1. The first kappa shape index (κ1) is 8.95. The molecule has 0 radical (unpaired) electrons. The lowest BCUT2D eigenvalue weighted by atomic mass is 10.3. The van der Waals surface area contributed by atoms with Gasteiger partial charge in [-0.1, -0.05) is 18.9 Å². The van der Waals surface area contributed by atoms with Crippen LogP contribution in [0.5, 0.6) is 5.75 Å². The van der Waals surface area contributed by atoms with Crippen LogP contribution in [-0.2, 0) is 0 Å². The molecule has 1 aliphatic rings. The molecule has 2 heteroatoms. The third-order valence-corrected chi connectivity index (χ3v) is 3.34. The number of hydrogen-bond acceptors (Lipinski definition) is 2. The average Bonchev–Trinajstić information content (AvgIpc) is 2.88. The van der Waals surface area contributed by atoms with E-state index in [-0.39, 0.29) is 0 Å². The van der Waals surface area contributed by atoms with Crippen molar-refractivity contribution in [2.75, 3.05) is 5.75 Å². The van der Waals surface area contributed by atoms with Gasteiger partial charge in [-0.25, -0.2) is 0 Å². The summed E-state index contributed by atoms with van der Waals surface area (Å²) in [4.78, 5) is 1.18. The lowest BCUT2D eigenvalue weighted by Gasteiger charge is -2.00. The predicted octanol–water partition coefficient (Wildman–Crippen LogP) is 3.28. The fourth-order valence-electron chi connectivity index (χ4n) is 1.32. The molecule has 0 amide bonds. The summed E-state index contributed by atoms with van der Waals surface area (Å²) in [6.45, 7) is 0. The summed E-state index contributed by atoms with van der Waals surface area (Å²) < 4.78 is 0. The molecule has 1 nitrogen and oxygen atoms in total. The van der Waals surface area contributed by atoms with Crippen LogP contribution < -0.4 is 0 Å². The molecule has 1 saturated carbocycles. The second kappa shape index (κ2) is 4.05. The fraction of sp³-hybridized carbons (Fsp3) is 0.455. The van der Waals surface area contributed by atoms with E-state index in [0.717, 1.165) is 5.92 Å². The SMILES string of the molecule is Oc1cccc(SCCC2CC2)c1. The van der Waals surface area contributed by atoms with E-state index < -0.39 is 0 Å². The van der Waals surface area contributed by atoms with Gasteiger partial charge in [0.2, 0.25) is 0 Å². The van der Waals surface area contributed by atoms with Gasteiger partial charge in [0.1, 0.15) is 5.75 Å². The van der Waals surface area contributed by atoms with E-state index in [9.17, 15) is 5.11 Å². The minimum absolute atomic E-state index is 0.372. The van der Waals surface area contributed by atoms with Crippen molar-refractivity contribution in [3.63, 3.8) is 0 Å². The Balaban J connectivity index is 1.79. The van der Waals surface area contributed by atoms with Gasteiger partial charge in [0.25, 0.3) is 0 Å². The number of hydrogen-bond donors (Lipinski definition) is 1. The Morgan fingerprint density at radius 3 is 2.92 bits per heavy atom. The average molecular weight is 194 g/mol. The number of rotatable bonds is 4. The van der Waals surface area contributed by atoms with Gasteiger partial charge in [0.05, 0.1) is 0 Å². The van der Waals surface area contributed by atoms with Crippen LogP contribution in [0.15, 0.2) is 29.2 Å². The first-order valence-corrected chi connectivity index (χ1v) is 5.75. The zero-order chi connectivity index (χ0) is 9.10. The van der Waals surface area contributed by atoms with E-state index in [0.29, 0.717) is 5.75 Å². The zero-order valence-corrected chi connectivity index (χ0v) is 8.39. The van der Waals surface area contributed by atoms with E-state index in [4.69, 9.17) is 0 Å². The molecule has 1 fully saturated rings. The van der Waals surface area contributed by atoms with E-state index in [1.165, 1.54) is 29.9 Å². The van der Waals surface area contributed by atoms with Gasteiger partial charge in [-0.15, -0.1) is 11.8 Å². The van der Waals surface area contributed by atoms with Crippen LogP contribution >= 0.6 is 11.8 Å². The third kappa shape index (κ3) is 2.96. The Labute approximate surface area is 83.2 Å². The first-order valence-electron chi connectivity index (χ1n) is 4.76. The van der Waals surface area contributed by atoms with E-state index in [1.54, 1.807) is 6.07 Å². The Morgan fingerprint density at radius 2 is 2.23 bits per heavy atom. The smallest absolute Gasteiger partial charge is 0.116 e. The van der Waals surface area contributed by atoms with E-state index >= 15 is 0 Å². The van der Waals surface area contributed by atoms with E-state index in [2.05, 4.69) is 6.07 Å². The van der Waals surface area contributed by atoms with Crippen molar-refractivity contribution < 1.29 is 5.11 Å². The van der Waals surface area contributed by atoms with Crippen molar-refractivity contribution >= 4 is 11.8 Å². The predicted molar refractivity (Wildman–Crippen MR) is 56.2 cm³/mol. The van der Waals surface area contributed by atoms with Crippen LogP contribution in [0.1, 0.15) is 19.3 Å². The molecule has 2 rings (SSSR count). The van der Waals surface area contributed by atoms with Crippen LogP contribution in [0.3, 0.4) is 0 Å². The van der Waals surface area contributed by atoms with Crippen molar-refractivity contribution in [1.29, 1.82) is 0 Å². The molecule has 70 valence electrons. The van der Waals surface area contributed by atoms with Crippen molar-refractivity contribution in [2.24, 2.45) is 5.92 Å². The summed E-state index contributed by atoms with van der Waals surface area (Å²) in [5.41, 5.74) is 0. The second-order valence-corrected chi connectivity index (χ2v) is 4.75. The molecule has 1 aromatic carbocycles. The van der Waals surface area contributed by atoms with Crippen LogP contribution in [0.2, 0.25) is 0 Å². The summed E-state index contributed by atoms with van der Waals surface area (Å²) in [6.07, 6.45) is 4.20. The number of phenolic OH excluding ortho intramolecular Hbond substituents is 1. The lowest BCUT2D eigenvalue weighted by Crippen LogP contribution is -1.81. The van der Waals surface area contributed by atoms with Crippen molar-refractivity contribution in [3.8, 4) is 5.75 Å². The third-order valence-electron chi connectivity index (χ3n) is 2.31. The highest BCUT2D eigenvalue weighted by molar-refractivity contribution is 7.99. The molecule has 0 aliphatic heterocycles. The quantitative estimate of drug-likeness (QED) is 0.742. The van der Waals surface area contributed by atoms with Gasteiger partial charge in [0.15, 0.2) is 0 Å². The Morgan fingerprint density at radius 1 is 1.38 bits per heavy atom. The first-order chi connectivity index (χ1) is 6.34. The van der Waals surface area contributed by atoms with Crippen LogP contribution in [0, 0.1) is 5.92 Å². The highest BCUT2D eigenvalue weighted by Crippen LogP contribution is 2.34. The van der Waals surface area contributed by atoms with Gasteiger partial charge in [-0.05, 0) is 36.3 Å². The molecule has 0 bridgehead atoms. The maximum Gasteiger partial charge on any atom is 0.116 e. The molecule has 0 heterocycles. The summed E-state index contributed by atoms with van der Waals surface area (Å²) in [5.74, 6) is 2.56. The number of benzene rings is 1. The second-order valence-electron chi connectivity index (χ2n) is 3.58. The minimum Gasteiger partial charge on any atom is -0.508 e. The van der Waals surface area contributed by atoms with Crippen LogP contribution in [-0.4, -0.2) is 10.9 Å². The molecular weight excluding hydrogens is 180 g/mol. The summed E-state index contributed by atoms with van der Waals surface area (Å²) in [7, 11) is 0. The Kier molecular flexibility index (Phi) is 2.79. The van der Waals surface area contributed by atoms with Crippen LogP contribution in [0.25, 0.3) is 0 Å². The van der Waals surface area contributed by atoms with E-state index in [1.807, 2.05) is 23.9 Å². The number of aromatic hydroxyl groups is 1. The standard InChI is InChI=1S/C11H14OS/c12-10-2-1-3-11(8-10)13-7-6-9-4-5-9/h1-3,8-9,12H,4-7H2. The van der Waals surface area contributed by atoms with Gasteiger partial charge >= 0.3 is 0 Å². The molecule has 0 saturated heterocycles. The maximum absolute atomic E-state index is 9.22. The molecule has 13 heavy (non-hydrogen) atoms. The normalized spacial score (nSPS) is 16.0. The highest BCUT2D eigenvalue weighted by atomic mass is 32.2. The Hall–Kier alpha value is -0.630. The molecule has 1 aromatic rings. The van der Waals surface area contributed by atoms with Crippen molar-refractivity contribution in [3.05, 3.63) is 24.3 Å². The van der Waals surface area contributed by atoms with Gasteiger partial charge < -0.3 is 5.11 Å². The summed E-state index contributed by atoms with van der Waals surface area (Å²) in [6, 6.07) is 7.49. The monoisotopic (exact) mass is 194 g/mol. The summed E-state index contributed by atoms with van der Waals surface area (Å²) in [5, 5.41) is 9.22. The van der Waals surface area contributed by atoms with Crippen molar-refractivity contribution in [1.82, 2.24) is 0 Å². The highest BCUT2D eigenvalue weighted by Gasteiger charge is 2.20. The molecule has 0 aromatic heterocycles. The largest absolute Gasteiger partial charge is 0.508 e. The maximum atomic E-state index is 9.22. The van der Waals surface area contributed by atoms with Crippen molar-refractivity contribution in [2.45, 2.75) is 24.2 Å². The molecule has 0 spiro atoms. The molecular formula is C11H14OS. The summed E-state index contributed by atoms with van der Waals surface area (Å²) >= 11 is 1.84. The van der Waals surface area contributed by atoms with Gasteiger partial charge in [0, 0.05) is 4.90 Å².